The Morgan fingerprint density at radius 3 is 3.00 bits per heavy atom. The number of hydrogen-bond donors (Lipinski definition) is 0. The molecule has 0 atom stereocenters. The first-order chi connectivity index (χ1) is 6.33. The van der Waals surface area contributed by atoms with Gasteiger partial charge >= 0.3 is 0 Å². The van der Waals surface area contributed by atoms with Gasteiger partial charge in [0.15, 0.2) is 0 Å². The predicted molar refractivity (Wildman–Crippen MR) is 49.9 cm³/mol. The van der Waals surface area contributed by atoms with Crippen LogP contribution in [0.2, 0.25) is 0 Å². The summed E-state index contributed by atoms with van der Waals surface area (Å²) in [5, 5.41) is 7.87. The van der Waals surface area contributed by atoms with Crippen molar-refractivity contribution >= 4 is 16.9 Å². The summed E-state index contributed by atoms with van der Waals surface area (Å²) in [7, 11) is 1.55. The van der Waals surface area contributed by atoms with Crippen LogP contribution in [0.25, 0.3) is 16.9 Å². The molecule has 0 bridgehead atoms. The Morgan fingerprint density at radius 2 is 2.23 bits per heavy atom. The van der Waals surface area contributed by atoms with Gasteiger partial charge in [-0.2, -0.15) is 4.68 Å². The normalized spacial score (nSPS) is 10.2. The number of rotatable bonds is 2. The van der Waals surface area contributed by atoms with Crippen molar-refractivity contribution in [1.82, 2.24) is 15.0 Å². The molecule has 66 valence electrons. The molecule has 1 aromatic carbocycles. The zero-order valence-electron chi connectivity index (χ0n) is 7.27. The maximum Gasteiger partial charge on any atom is 0.208 e. The lowest BCUT2D eigenvalue weighted by Gasteiger charge is -2.02. The number of aromatic nitrogens is 3. The molecule has 0 unspecified atom stereocenters. The highest BCUT2D eigenvalue weighted by atomic mass is 16.5. The summed E-state index contributed by atoms with van der Waals surface area (Å²) in [6.07, 6.45) is 0. The van der Waals surface area contributed by atoms with Gasteiger partial charge in [-0.25, -0.2) is 0 Å². The van der Waals surface area contributed by atoms with E-state index in [-0.39, 0.29) is 0 Å². The molecule has 4 nitrogen and oxygen atoms in total. The number of ether oxygens (including phenoxy) is 1. The molecule has 0 radical (unpaired) electrons. The molecule has 2 rings (SSSR count). The molecule has 0 amide bonds. The molecule has 0 spiro atoms. The van der Waals surface area contributed by atoms with Crippen LogP contribution in [0.1, 0.15) is 0 Å². The zero-order chi connectivity index (χ0) is 9.26. The Kier molecular flexibility index (Phi) is 1.73. The van der Waals surface area contributed by atoms with Gasteiger partial charge in [0.2, 0.25) is 5.88 Å². The van der Waals surface area contributed by atoms with Gasteiger partial charge in [-0.3, -0.25) is 0 Å². The van der Waals surface area contributed by atoms with Crippen LogP contribution in [-0.4, -0.2) is 22.1 Å². The highest BCUT2D eigenvalue weighted by Crippen LogP contribution is 2.13. The largest absolute Gasteiger partial charge is 0.481 e. The first-order valence-corrected chi connectivity index (χ1v) is 3.86. The highest BCUT2D eigenvalue weighted by molar-refractivity contribution is 5.76. The van der Waals surface area contributed by atoms with Gasteiger partial charge in [-0.15, -0.1) is 5.10 Å². The molecule has 0 saturated heterocycles. The van der Waals surface area contributed by atoms with E-state index in [2.05, 4.69) is 16.9 Å². The van der Waals surface area contributed by atoms with Gasteiger partial charge in [0.25, 0.3) is 0 Å². The van der Waals surface area contributed by atoms with Crippen LogP contribution < -0.4 is 0 Å². The Hall–Kier alpha value is -1.84. The van der Waals surface area contributed by atoms with Crippen molar-refractivity contribution in [3.8, 4) is 0 Å². The molecule has 0 aliphatic heterocycles. The first kappa shape index (κ1) is 7.79. The lowest BCUT2D eigenvalue weighted by molar-refractivity contribution is 0.339. The smallest absolute Gasteiger partial charge is 0.208 e. The Balaban J connectivity index is 2.64. The number of para-hydroxylation sites is 1. The van der Waals surface area contributed by atoms with Crippen molar-refractivity contribution in [2.75, 3.05) is 7.11 Å². The molecule has 0 fully saturated rings. The van der Waals surface area contributed by atoms with Gasteiger partial charge in [-0.1, -0.05) is 17.3 Å². The van der Waals surface area contributed by atoms with Gasteiger partial charge in [0.1, 0.15) is 5.52 Å². The van der Waals surface area contributed by atoms with Crippen LogP contribution in [0.15, 0.2) is 30.8 Å². The van der Waals surface area contributed by atoms with E-state index in [4.69, 9.17) is 4.74 Å². The lowest BCUT2D eigenvalue weighted by Crippen LogP contribution is -1.99. The molecular formula is C9H9N3O. The summed E-state index contributed by atoms with van der Waals surface area (Å²) >= 11 is 0. The average molecular weight is 175 g/mol. The SMILES string of the molecule is C=C(OC)n1nnc2ccccc21. The number of fused-ring (bicyclic) bond motifs is 1. The molecule has 1 heterocycles. The van der Waals surface area contributed by atoms with E-state index >= 15 is 0 Å². The van der Waals surface area contributed by atoms with Crippen LogP contribution in [0, 0.1) is 0 Å². The summed E-state index contributed by atoms with van der Waals surface area (Å²) in [5.41, 5.74) is 1.73. The molecule has 1 aromatic heterocycles. The average Bonchev–Trinajstić information content (AvgIpc) is 2.60. The van der Waals surface area contributed by atoms with Crippen LogP contribution in [-0.2, 0) is 4.74 Å². The molecule has 0 saturated carbocycles. The van der Waals surface area contributed by atoms with Crippen molar-refractivity contribution in [2.24, 2.45) is 0 Å². The minimum atomic E-state index is 0.466. The predicted octanol–water partition coefficient (Wildman–Crippen LogP) is 1.51. The number of nitrogens with zero attached hydrogens (tertiary/aromatic N) is 3. The molecule has 0 aliphatic carbocycles. The Labute approximate surface area is 75.4 Å². The van der Waals surface area contributed by atoms with Gasteiger partial charge in [-0.05, 0) is 18.7 Å². The van der Waals surface area contributed by atoms with E-state index in [1.807, 2.05) is 24.3 Å². The second kappa shape index (κ2) is 2.90. The molecular weight excluding hydrogens is 166 g/mol. The van der Waals surface area contributed by atoms with E-state index in [0.29, 0.717) is 5.88 Å². The maximum absolute atomic E-state index is 4.97. The van der Waals surface area contributed by atoms with Gasteiger partial charge in [0, 0.05) is 0 Å². The van der Waals surface area contributed by atoms with Crippen LogP contribution >= 0.6 is 0 Å². The summed E-state index contributed by atoms with van der Waals surface area (Å²) in [4.78, 5) is 0. The Bertz CT molecular complexity index is 447. The highest BCUT2D eigenvalue weighted by Gasteiger charge is 2.05. The third-order valence-corrected chi connectivity index (χ3v) is 1.82. The van der Waals surface area contributed by atoms with E-state index in [1.54, 1.807) is 11.8 Å². The monoisotopic (exact) mass is 175 g/mol. The summed E-state index contributed by atoms with van der Waals surface area (Å²) in [6, 6.07) is 7.64. The molecule has 4 heteroatoms. The lowest BCUT2D eigenvalue weighted by atomic mass is 10.3. The fourth-order valence-corrected chi connectivity index (χ4v) is 1.14. The second-order valence-electron chi connectivity index (χ2n) is 2.59. The minimum absolute atomic E-state index is 0.466. The quantitative estimate of drug-likeness (QED) is 0.649. The van der Waals surface area contributed by atoms with Crippen molar-refractivity contribution in [3.63, 3.8) is 0 Å². The van der Waals surface area contributed by atoms with Crippen molar-refractivity contribution in [3.05, 3.63) is 30.8 Å². The number of hydrogen-bond acceptors (Lipinski definition) is 3. The maximum atomic E-state index is 4.97. The zero-order valence-corrected chi connectivity index (χ0v) is 7.27. The molecule has 2 aromatic rings. The third kappa shape index (κ3) is 1.16. The summed E-state index contributed by atoms with van der Waals surface area (Å²) in [5.74, 6) is 0.466. The third-order valence-electron chi connectivity index (χ3n) is 1.82. The van der Waals surface area contributed by atoms with Crippen LogP contribution in [0.5, 0.6) is 0 Å². The van der Waals surface area contributed by atoms with Crippen molar-refractivity contribution in [2.45, 2.75) is 0 Å². The van der Waals surface area contributed by atoms with Crippen LogP contribution in [0.4, 0.5) is 0 Å². The van der Waals surface area contributed by atoms with E-state index in [9.17, 15) is 0 Å². The molecule has 13 heavy (non-hydrogen) atoms. The topological polar surface area (TPSA) is 39.9 Å². The fourth-order valence-electron chi connectivity index (χ4n) is 1.14. The van der Waals surface area contributed by atoms with Crippen molar-refractivity contribution in [1.29, 1.82) is 0 Å². The summed E-state index contributed by atoms with van der Waals surface area (Å²) in [6.45, 7) is 3.70. The van der Waals surface area contributed by atoms with E-state index in [1.165, 1.54) is 0 Å². The van der Waals surface area contributed by atoms with Crippen LogP contribution in [0.3, 0.4) is 0 Å². The van der Waals surface area contributed by atoms with E-state index < -0.39 is 0 Å². The minimum Gasteiger partial charge on any atom is -0.481 e. The fraction of sp³-hybridized carbons (Fsp3) is 0.111. The second-order valence-corrected chi connectivity index (χ2v) is 2.59. The van der Waals surface area contributed by atoms with Gasteiger partial charge < -0.3 is 4.74 Å². The standard InChI is InChI=1S/C9H9N3O/c1-7(13-2)12-9-6-4-3-5-8(9)10-11-12/h3-6H,1H2,2H3. The van der Waals surface area contributed by atoms with Gasteiger partial charge in [0.05, 0.1) is 12.6 Å². The summed E-state index contributed by atoms with van der Waals surface area (Å²) < 4.78 is 6.53. The first-order valence-electron chi connectivity index (χ1n) is 3.86. The number of benzene rings is 1. The Morgan fingerprint density at radius 1 is 1.46 bits per heavy atom. The van der Waals surface area contributed by atoms with Crippen molar-refractivity contribution < 1.29 is 4.74 Å². The number of methoxy groups -OCH3 is 1. The molecule has 0 N–H and O–H groups in total. The molecule has 0 aliphatic rings. The van der Waals surface area contributed by atoms with E-state index in [0.717, 1.165) is 11.0 Å².